The molecule has 1 saturated heterocycles. The third-order valence-corrected chi connectivity index (χ3v) is 7.72. The molecule has 2 aliphatic heterocycles. The first kappa shape index (κ1) is 18.3. The smallest absolute Gasteiger partial charge is 0.242 e. The minimum atomic E-state index is -3.88. The van der Waals surface area contributed by atoms with Crippen molar-refractivity contribution < 1.29 is 22.7 Å². The Morgan fingerprint density at radius 2 is 1.93 bits per heavy atom. The molecular weight excluding hydrogens is 434 g/mol. The van der Waals surface area contributed by atoms with Crippen LogP contribution in [0.25, 0.3) is 0 Å². The van der Waals surface area contributed by atoms with Crippen LogP contribution in [0.5, 0.6) is 11.5 Å². The van der Waals surface area contributed by atoms with Gasteiger partial charge >= 0.3 is 0 Å². The van der Waals surface area contributed by atoms with Crippen molar-refractivity contribution in [3.05, 3.63) is 52.5 Å². The molecule has 0 saturated carbocycles. The highest BCUT2D eigenvalue weighted by molar-refractivity contribution is 9.10. The van der Waals surface area contributed by atoms with Gasteiger partial charge in [-0.1, -0.05) is 22.0 Å². The zero-order chi connectivity index (χ0) is 19.4. The van der Waals surface area contributed by atoms with Gasteiger partial charge in [0.2, 0.25) is 5.91 Å². The lowest BCUT2D eigenvalue weighted by Gasteiger charge is -2.46. The molecule has 6 nitrogen and oxygen atoms in total. The summed E-state index contributed by atoms with van der Waals surface area (Å²) < 4.78 is 38.6. The molecule has 142 valence electrons. The molecule has 27 heavy (non-hydrogen) atoms. The topological polar surface area (TPSA) is 81.7 Å². The van der Waals surface area contributed by atoms with E-state index < -0.39 is 32.6 Å². The maximum atomic E-state index is 13.3. The second kappa shape index (κ2) is 6.24. The summed E-state index contributed by atoms with van der Waals surface area (Å²) in [6.45, 7) is 1.75. The molecule has 0 aromatic heterocycles. The van der Waals surface area contributed by atoms with Gasteiger partial charge in [-0.3, -0.25) is 4.79 Å². The molecule has 4 rings (SSSR count). The Labute approximate surface area is 165 Å². The molecule has 0 radical (unpaired) electrons. The average molecular weight is 452 g/mol. The zero-order valence-electron chi connectivity index (χ0n) is 14.7. The number of nitrogens with one attached hydrogen (secondary N) is 1. The number of methoxy groups -OCH3 is 1. The van der Waals surface area contributed by atoms with E-state index in [2.05, 4.69) is 21.2 Å². The lowest BCUT2D eigenvalue weighted by Crippen LogP contribution is -2.63. The summed E-state index contributed by atoms with van der Waals surface area (Å²) in [5, 5.41) is 1.53. The van der Waals surface area contributed by atoms with Crippen LogP contribution < -0.4 is 14.8 Å². The third kappa shape index (κ3) is 3.00. The Hall–Kier alpha value is -2.06. The van der Waals surface area contributed by atoms with E-state index in [1.54, 1.807) is 44.4 Å². The fraction of sp³-hybridized carbons (Fsp3) is 0.316. The van der Waals surface area contributed by atoms with Crippen LogP contribution >= 0.6 is 15.9 Å². The second-order valence-corrected chi connectivity index (χ2v) is 9.94. The number of hydrogen-bond acceptors (Lipinski definition) is 5. The molecule has 2 aliphatic rings. The van der Waals surface area contributed by atoms with Gasteiger partial charge in [0, 0.05) is 22.9 Å². The van der Waals surface area contributed by atoms with Gasteiger partial charge in [-0.05, 0) is 42.8 Å². The molecule has 2 aromatic rings. The van der Waals surface area contributed by atoms with Crippen molar-refractivity contribution >= 4 is 31.7 Å². The Morgan fingerprint density at radius 3 is 2.59 bits per heavy atom. The number of ether oxygens (including phenoxy) is 2. The van der Waals surface area contributed by atoms with Gasteiger partial charge in [-0.2, -0.15) is 0 Å². The van der Waals surface area contributed by atoms with Crippen molar-refractivity contribution in [2.45, 2.75) is 35.1 Å². The molecule has 0 spiro atoms. The van der Waals surface area contributed by atoms with Crippen LogP contribution in [-0.2, 0) is 14.6 Å². The molecule has 0 unspecified atom stereocenters. The van der Waals surface area contributed by atoms with Gasteiger partial charge in [0.05, 0.1) is 12.0 Å². The van der Waals surface area contributed by atoms with E-state index in [0.717, 1.165) is 4.47 Å². The van der Waals surface area contributed by atoms with Gasteiger partial charge in [0.15, 0.2) is 20.8 Å². The van der Waals surface area contributed by atoms with Crippen LogP contribution in [0, 0.1) is 0 Å². The zero-order valence-corrected chi connectivity index (χ0v) is 17.1. The fourth-order valence-corrected chi connectivity index (χ4v) is 5.93. The maximum absolute atomic E-state index is 13.3. The highest BCUT2D eigenvalue weighted by Gasteiger charge is 2.54. The molecule has 2 heterocycles. The Balaban J connectivity index is 1.84. The number of halogens is 1. The molecule has 2 bridgehead atoms. The van der Waals surface area contributed by atoms with E-state index in [0.29, 0.717) is 23.5 Å². The third-order valence-electron chi connectivity index (χ3n) is 5.05. The number of rotatable bonds is 3. The quantitative estimate of drug-likeness (QED) is 0.775. The summed E-state index contributed by atoms with van der Waals surface area (Å²) in [4.78, 5) is 13.0. The number of piperidine rings is 1. The van der Waals surface area contributed by atoms with E-state index in [1.165, 1.54) is 12.1 Å². The summed E-state index contributed by atoms with van der Waals surface area (Å²) in [5.41, 5.74) is -0.249. The molecule has 0 aliphatic carbocycles. The number of sulfone groups is 1. The lowest BCUT2D eigenvalue weighted by atomic mass is 9.81. The van der Waals surface area contributed by atoms with Crippen molar-refractivity contribution in [3.63, 3.8) is 0 Å². The fourth-order valence-electron chi connectivity index (χ4n) is 3.84. The number of hydrogen-bond donors (Lipinski definition) is 1. The Kier molecular flexibility index (Phi) is 4.23. The molecular formula is C19H18BrNO5S. The van der Waals surface area contributed by atoms with Crippen molar-refractivity contribution in [2.75, 3.05) is 7.11 Å². The second-order valence-electron chi connectivity index (χ2n) is 6.96. The number of amides is 1. The van der Waals surface area contributed by atoms with E-state index in [-0.39, 0.29) is 4.90 Å². The molecule has 1 N–H and O–H groups in total. The predicted molar refractivity (Wildman–Crippen MR) is 103 cm³/mol. The Bertz CT molecular complexity index is 1020. The summed E-state index contributed by atoms with van der Waals surface area (Å²) in [6.07, 6.45) is 0.374. The van der Waals surface area contributed by atoms with E-state index in [9.17, 15) is 13.2 Å². The summed E-state index contributed by atoms with van der Waals surface area (Å²) in [5.74, 6) is 0.0882. The van der Waals surface area contributed by atoms with Gasteiger partial charge in [0.25, 0.3) is 0 Å². The molecule has 1 amide bonds. The largest absolute Gasteiger partial charge is 0.497 e. The average Bonchev–Trinajstić information content (AvgIpc) is 2.60. The Morgan fingerprint density at radius 1 is 1.22 bits per heavy atom. The normalized spacial score (nSPS) is 26.6. The highest BCUT2D eigenvalue weighted by atomic mass is 79.9. The highest BCUT2D eigenvalue weighted by Crippen LogP contribution is 2.48. The first-order valence-electron chi connectivity index (χ1n) is 8.42. The first-order valence-corrected chi connectivity index (χ1v) is 10.8. The number of fused-ring (bicyclic) bond motifs is 4. The van der Waals surface area contributed by atoms with Crippen LogP contribution in [0.4, 0.5) is 0 Å². The molecule has 1 fully saturated rings. The van der Waals surface area contributed by atoms with Crippen LogP contribution in [-0.4, -0.2) is 32.4 Å². The number of carbonyl (C=O) groups is 1. The number of carbonyl (C=O) groups excluding carboxylic acids is 1. The maximum Gasteiger partial charge on any atom is 0.242 e. The van der Waals surface area contributed by atoms with E-state index in [4.69, 9.17) is 9.47 Å². The van der Waals surface area contributed by atoms with Crippen LogP contribution in [0.2, 0.25) is 0 Å². The minimum Gasteiger partial charge on any atom is -0.497 e. The summed E-state index contributed by atoms with van der Waals surface area (Å²) in [6, 6.07) is 11.6. The summed E-state index contributed by atoms with van der Waals surface area (Å²) in [7, 11) is -2.33. The summed E-state index contributed by atoms with van der Waals surface area (Å²) >= 11 is 3.30. The first-order chi connectivity index (χ1) is 12.7. The van der Waals surface area contributed by atoms with Crippen molar-refractivity contribution in [1.29, 1.82) is 0 Å². The molecule has 8 heteroatoms. The van der Waals surface area contributed by atoms with Crippen molar-refractivity contribution in [2.24, 2.45) is 0 Å². The monoisotopic (exact) mass is 451 g/mol. The molecule has 3 atom stereocenters. The van der Waals surface area contributed by atoms with E-state index in [1.807, 2.05) is 0 Å². The van der Waals surface area contributed by atoms with E-state index >= 15 is 0 Å². The van der Waals surface area contributed by atoms with Gasteiger partial charge in [0.1, 0.15) is 11.5 Å². The van der Waals surface area contributed by atoms with Crippen LogP contribution in [0.3, 0.4) is 0 Å². The lowest BCUT2D eigenvalue weighted by molar-refractivity contribution is -0.132. The molecule has 2 aromatic carbocycles. The minimum absolute atomic E-state index is 0.121. The van der Waals surface area contributed by atoms with Gasteiger partial charge in [-0.15, -0.1) is 0 Å². The van der Waals surface area contributed by atoms with Crippen LogP contribution in [0.1, 0.15) is 24.8 Å². The van der Waals surface area contributed by atoms with Crippen molar-refractivity contribution in [3.8, 4) is 11.5 Å². The number of benzene rings is 2. The predicted octanol–water partition coefficient (Wildman–Crippen LogP) is 3.01. The van der Waals surface area contributed by atoms with Crippen LogP contribution in [0.15, 0.2) is 51.8 Å². The van der Waals surface area contributed by atoms with Gasteiger partial charge < -0.3 is 14.8 Å². The SMILES string of the molecule is COc1ccc2c(c1)O[C@]1(C)C[C@@H]2[C@H](S(=O)(=O)c2ccc(Br)cc2)C(=O)N1. The standard InChI is InChI=1S/C19H18BrNO5S/c1-19-10-15(14-8-5-12(25-2)9-16(14)26-19)17(18(22)21-19)27(23,24)13-6-3-11(20)4-7-13/h3-9,15,17H,10H2,1-2H3,(H,21,22)/t15-,17-,19+/m0/s1. The van der Waals surface area contributed by atoms with Crippen molar-refractivity contribution in [1.82, 2.24) is 5.32 Å². The van der Waals surface area contributed by atoms with Gasteiger partial charge in [-0.25, -0.2) is 8.42 Å².